The van der Waals surface area contributed by atoms with Gasteiger partial charge in [0.2, 0.25) is 5.91 Å². The van der Waals surface area contributed by atoms with Crippen molar-refractivity contribution in [2.45, 2.75) is 413 Å². The Morgan fingerprint density at radius 2 is 0.600 bits per heavy atom. The fourth-order valence-electron chi connectivity index (χ4n) is 14.2. The van der Waals surface area contributed by atoms with Crippen LogP contribution in [-0.4, -0.2) is 193 Å². The number of amides is 1. The SMILES string of the molecule is CC/C=C\C/C=C\C/C=C\C/C=C\C/C=C\C/C=C\C/C=C\C/C=C\C/C=C\C/C=C\C/C=C\C/C=C\CCCCCCC(=O)NC(COC1OC(CO)C(OC2OC(CO)C(OC3OC(CO)C(O)C(O)C3O)C(O)C2O)C(O)C1O)C(O)/C=C/CCCCCCCCCCCCCCCCCCCCCCCCCCCCC. The van der Waals surface area contributed by atoms with E-state index in [0.29, 0.717) is 6.42 Å². The number of carbonyl (C=O) groups is 1. The van der Waals surface area contributed by atoms with Gasteiger partial charge in [0.1, 0.15) is 73.2 Å². The second kappa shape index (κ2) is 73.3. The molecule has 0 aromatic rings. The number of hydrogen-bond acceptors (Lipinski definition) is 18. The summed E-state index contributed by atoms with van der Waals surface area (Å²) in [6.45, 7) is 1.62. The average Bonchev–Trinajstić information content (AvgIpc) is 0.778. The molecule has 0 saturated carbocycles. The molecular formula is C96H161NO18. The smallest absolute Gasteiger partial charge is 0.220 e. The quantitative estimate of drug-likeness (QED) is 0.0199. The summed E-state index contributed by atoms with van der Waals surface area (Å²) in [6.07, 6.45) is 82.3. The minimum Gasteiger partial charge on any atom is -0.394 e. The minimum atomic E-state index is -1.99. The van der Waals surface area contributed by atoms with Gasteiger partial charge >= 0.3 is 0 Å². The fourth-order valence-corrected chi connectivity index (χ4v) is 14.2. The molecule has 17 atom stereocenters. The summed E-state index contributed by atoms with van der Waals surface area (Å²) in [5.74, 6) is -0.303. The molecule has 3 rings (SSSR count). The van der Waals surface area contributed by atoms with Crippen LogP contribution in [0.3, 0.4) is 0 Å². The molecule has 3 fully saturated rings. The van der Waals surface area contributed by atoms with Crippen LogP contribution in [0.1, 0.15) is 309 Å². The molecule has 3 aliphatic heterocycles. The zero-order valence-corrected chi connectivity index (χ0v) is 71.0. The number of allylic oxidation sites excluding steroid dienone is 25. The van der Waals surface area contributed by atoms with E-state index >= 15 is 0 Å². The predicted octanol–water partition coefficient (Wildman–Crippen LogP) is 17.5. The van der Waals surface area contributed by atoms with Crippen molar-refractivity contribution in [2.24, 2.45) is 0 Å². The lowest BCUT2D eigenvalue weighted by Gasteiger charge is -2.48. The maximum absolute atomic E-state index is 13.5. The zero-order chi connectivity index (χ0) is 83.1. The van der Waals surface area contributed by atoms with Gasteiger partial charge in [0, 0.05) is 6.42 Å². The van der Waals surface area contributed by atoms with Gasteiger partial charge in [-0.25, -0.2) is 0 Å². The van der Waals surface area contributed by atoms with E-state index in [2.05, 4.69) is 165 Å². The standard InChI is InChI=1S/C96H161NO18/c1-3-5-7-9-11-13-15-17-19-21-23-25-27-29-31-33-34-35-36-37-38-39-40-41-42-43-44-46-48-50-52-54-56-58-60-62-64-66-68-70-72-74-84(102)97-79(80(101)73-71-69-67-65-63-61-59-57-55-53-51-49-47-45-32-30-28-26-24-22-20-18-16-14-12-10-8-6-4-2)78-110-94-90(108)87(105)92(82(76-99)112-94)115-96-91(109)88(106)93(83(77-100)113-96)114-95-89(107)86(104)85(103)81(75-98)111-95/h5,7,11,13,17,19,23,25,29,31,34-35,37-38,40-41,43-44,48,50,54,56,60,62,71,73,79-83,85-96,98-101,103-109H,3-4,6,8-10,12,14-16,18,20-22,24,26-28,30,32-33,36,39,42,45-47,49,51-53,55,57-59,61,63-70,72,74-78H2,1-2H3,(H,97,102)/b7-5-,13-11-,19-17-,25-23-,31-29-,35-34-,38-37-,41-40-,44-43-,50-48-,56-54-,62-60-,73-71+. The van der Waals surface area contributed by atoms with Crippen LogP contribution in [0.5, 0.6) is 0 Å². The highest BCUT2D eigenvalue weighted by atomic mass is 16.8. The molecule has 0 aromatic carbocycles. The average molecular weight is 1620 g/mol. The van der Waals surface area contributed by atoms with Crippen molar-refractivity contribution in [2.75, 3.05) is 26.4 Å². The molecule has 0 aromatic heterocycles. The number of nitrogens with one attached hydrogen (secondary N) is 1. The molecule has 19 nitrogen and oxygen atoms in total. The molecule has 0 spiro atoms. The van der Waals surface area contributed by atoms with Crippen molar-refractivity contribution < 1.29 is 89.4 Å². The number of aliphatic hydroxyl groups excluding tert-OH is 11. The lowest BCUT2D eigenvalue weighted by Crippen LogP contribution is -2.66. The van der Waals surface area contributed by atoms with E-state index in [1.807, 2.05) is 6.08 Å². The first-order chi connectivity index (χ1) is 56.3. The molecule has 0 bridgehead atoms. The topological polar surface area (TPSA) is 307 Å². The van der Waals surface area contributed by atoms with Gasteiger partial charge in [-0.1, -0.05) is 352 Å². The maximum atomic E-state index is 13.5. The van der Waals surface area contributed by atoms with Crippen LogP contribution in [0, 0.1) is 0 Å². The second-order valence-electron chi connectivity index (χ2n) is 31.3. The van der Waals surface area contributed by atoms with Crippen molar-refractivity contribution >= 4 is 5.91 Å². The highest BCUT2D eigenvalue weighted by Gasteiger charge is 2.54. The summed E-state index contributed by atoms with van der Waals surface area (Å²) in [4.78, 5) is 13.5. The lowest BCUT2D eigenvalue weighted by atomic mass is 9.96. The summed E-state index contributed by atoms with van der Waals surface area (Å²) in [5, 5.41) is 121. The van der Waals surface area contributed by atoms with Crippen LogP contribution in [0.2, 0.25) is 0 Å². The van der Waals surface area contributed by atoms with Gasteiger partial charge in [-0.2, -0.15) is 0 Å². The van der Waals surface area contributed by atoms with E-state index in [4.69, 9.17) is 28.4 Å². The summed E-state index contributed by atoms with van der Waals surface area (Å²) < 4.78 is 34.5. The summed E-state index contributed by atoms with van der Waals surface area (Å²) in [7, 11) is 0. The minimum absolute atomic E-state index is 0.204. The van der Waals surface area contributed by atoms with E-state index in [-0.39, 0.29) is 18.9 Å². The third-order valence-corrected chi connectivity index (χ3v) is 21.3. The monoisotopic (exact) mass is 1620 g/mol. The molecule has 1 amide bonds. The normalized spacial score (nSPS) is 25.4. The number of aliphatic hydroxyl groups is 11. The third kappa shape index (κ3) is 51.6. The number of unbranched alkanes of at least 4 members (excludes halogenated alkanes) is 31. The first-order valence-corrected chi connectivity index (χ1v) is 45.2. The fraction of sp³-hybridized carbons (Fsp3) is 0.719. The van der Waals surface area contributed by atoms with E-state index in [1.165, 1.54) is 154 Å². The summed E-state index contributed by atoms with van der Waals surface area (Å²) in [6, 6.07) is -1.00. The molecule has 3 aliphatic rings. The number of rotatable bonds is 71. The van der Waals surface area contributed by atoms with E-state index in [9.17, 15) is 61.0 Å². The Kier molecular flexibility index (Phi) is 66.7. The van der Waals surface area contributed by atoms with E-state index in [0.717, 1.165) is 128 Å². The molecule has 0 radical (unpaired) electrons. The first-order valence-electron chi connectivity index (χ1n) is 45.2. The maximum Gasteiger partial charge on any atom is 0.220 e. The Morgan fingerprint density at radius 1 is 0.322 bits per heavy atom. The molecule has 658 valence electrons. The molecule has 115 heavy (non-hydrogen) atoms. The Morgan fingerprint density at radius 3 is 0.939 bits per heavy atom. The van der Waals surface area contributed by atoms with Crippen LogP contribution in [-0.2, 0) is 33.2 Å². The highest BCUT2D eigenvalue weighted by Crippen LogP contribution is 2.33. The predicted molar refractivity (Wildman–Crippen MR) is 465 cm³/mol. The molecule has 3 heterocycles. The lowest BCUT2D eigenvalue weighted by molar-refractivity contribution is -0.379. The second-order valence-corrected chi connectivity index (χ2v) is 31.3. The summed E-state index contributed by atoms with van der Waals surface area (Å²) in [5.41, 5.74) is 0. The molecule has 3 saturated heterocycles. The third-order valence-electron chi connectivity index (χ3n) is 21.3. The number of hydrogen-bond donors (Lipinski definition) is 12. The van der Waals surface area contributed by atoms with E-state index < -0.39 is 124 Å². The van der Waals surface area contributed by atoms with E-state index in [1.54, 1.807) is 6.08 Å². The van der Waals surface area contributed by atoms with Crippen molar-refractivity contribution in [1.29, 1.82) is 0 Å². The number of ether oxygens (including phenoxy) is 6. The Bertz CT molecular complexity index is 2700. The molecule has 0 aliphatic carbocycles. The van der Waals surface area contributed by atoms with Gasteiger partial charge in [0.15, 0.2) is 18.9 Å². The Balaban J connectivity index is 1.35. The molecule has 17 unspecified atom stereocenters. The summed E-state index contributed by atoms with van der Waals surface area (Å²) >= 11 is 0. The number of carbonyl (C=O) groups excluding carboxylic acids is 1. The van der Waals surface area contributed by atoms with Gasteiger partial charge in [-0.3, -0.25) is 4.79 Å². The van der Waals surface area contributed by atoms with Crippen molar-refractivity contribution in [3.63, 3.8) is 0 Å². The van der Waals surface area contributed by atoms with Gasteiger partial charge < -0.3 is 89.9 Å². The van der Waals surface area contributed by atoms with Gasteiger partial charge in [0.25, 0.3) is 0 Å². The van der Waals surface area contributed by atoms with Crippen LogP contribution in [0.15, 0.2) is 158 Å². The highest BCUT2D eigenvalue weighted by molar-refractivity contribution is 5.76. The van der Waals surface area contributed by atoms with Gasteiger partial charge in [-0.15, -0.1) is 0 Å². The van der Waals surface area contributed by atoms with Gasteiger partial charge in [0.05, 0.1) is 38.6 Å². The van der Waals surface area contributed by atoms with Crippen molar-refractivity contribution in [3.8, 4) is 0 Å². The van der Waals surface area contributed by atoms with Gasteiger partial charge in [-0.05, 0) is 109 Å². The van der Waals surface area contributed by atoms with Crippen molar-refractivity contribution in [1.82, 2.24) is 5.32 Å². The molecular weight excluding hydrogens is 1460 g/mol. The van der Waals surface area contributed by atoms with Crippen LogP contribution >= 0.6 is 0 Å². The zero-order valence-electron chi connectivity index (χ0n) is 71.0. The van der Waals surface area contributed by atoms with Crippen molar-refractivity contribution in [3.05, 3.63) is 158 Å². The van der Waals surface area contributed by atoms with Crippen LogP contribution in [0.25, 0.3) is 0 Å². The Hall–Kier alpha value is -4.59. The largest absolute Gasteiger partial charge is 0.394 e. The first kappa shape index (κ1) is 105. The molecule has 12 N–H and O–H groups in total. The molecule has 19 heteroatoms. The van der Waals surface area contributed by atoms with Crippen LogP contribution in [0.4, 0.5) is 0 Å². The Labute approximate surface area is 695 Å². The van der Waals surface area contributed by atoms with Crippen LogP contribution < -0.4 is 5.32 Å².